The van der Waals surface area contributed by atoms with Gasteiger partial charge < -0.3 is 24.8 Å². The van der Waals surface area contributed by atoms with Crippen molar-refractivity contribution >= 4 is 0 Å². The molecule has 5 heteroatoms. The Bertz CT molecular complexity index is 401. The van der Waals surface area contributed by atoms with Crippen LogP contribution < -0.4 is 0 Å². The molecule has 1 rings (SSSR count). The number of rotatable bonds is 20. The lowest BCUT2D eigenvalue weighted by molar-refractivity contribution is -0.0938. The molecule has 0 amide bonds. The molecule has 0 aliphatic carbocycles. The number of aliphatic hydroxyl groups is 3. The van der Waals surface area contributed by atoms with Gasteiger partial charge in [0.15, 0.2) is 0 Å². The van der Waals surface area contributed by atoms with Crippen LogP contribution in [0.1, 0.15) is 103 Å². The van der Waals surface area contributed by atoms with Gasteiger partial charge in [0.25, 0.3) is 0 Å². The van der Waals surface area contributed by atoms with Gasteiger partial charge in [0.05, 0.1) is 13.2 Å². The molecule has 0 unspecified atom stereocenters. The van der Waals surface area contributed by atoms with E-state index >= 15 is 0 Å². The van der Waals surface area contributed by atoms with E-state index in [9.17, 15) is 10.2 Å². The van der Waals surface area contributed by atoms with Crippen LogP contribution in [0.3, 0.4) is 0 Å². The standard InChI is InChI=1S/C25H48O5/c1-2-3-4-5-6-7-8-9-10-11-12-13-14-15-16-17-18-19-29-25-23(28)21-30-24(25)22(27)20-26/h2-3,22-28H,4-21H2,1H3/b3-2+/t22-,23+,24+,25+/m1/s1. The number of allylic oxidation sites excluding steroid dienone is 2. The van der Waals surface area contributed by atoms with Gasteiger partial charge in [-0.3, -0.25) is 0 Å². The fourth-order valence-electron chi connectivity index (χ4n) is 4.13. The summed E-state index contributed by atoms with van der Waals surface area (Å²) in [5.41, 5.74) is 0. The largest absolute Gasteiger partial charge is 0.394 e. The second-order valence-electron chi connectivity index (χ2n) is 8.76. The zero-order valence-electron chi connectivity index (χ0n) is 19.4. The maximum Gasteiger partial charge on any atom is 0.114 e. The van der Waals surface area contributed by atoms with Crippen LogP contribution in [-0.2, 0) is 9.47 Å². The Morgan fingerprint density at radius 1 is 0.867 bits per heavy atom. The van der Waals surface area contributed by atoms with E-state index < -0.39 is 24.4 Å². The molecule has 1 fully saturated rings. The lowest BCUT2D eigenvalue weighted by atomic mass is 10.0. The van der Waals surface area contributed by atoms with Gasteiger partial charge in [-0.05, 0) is 26.2 Å². The molecule has 30 heavy (non-hydrogen) atoms. The first-order valence-corrected chi connectivity index (χ1v) is 12.5. The normalized spacial score (nSPS) is 22.9. The van der Waals surface area contributed by atoms with Crippen molar-refractivity contribution in [2.45, 2.75) is 128 Å². The Morgan fingerprint density at radius 2 is 1.37 bits per heavy atom. The third kappa shape index (κ3) is 13.1. The molecule has 0 spiro atoms. The Morgan fingerprint density at radius 3 is 1.87 bits per heavy atom. The van der Waals surface area contributed by atoms with Crippen molar-refractivity contribution in [2.24, 2.45) is 0 Å². The summed E-state index contributed by atoms with van der Waals surface area (Å²) in [5, 5.41) is 28.7. The van der Waals surface area contributed by atoms with Crippen molar-refractivity contribution in [1.29, 1.82) is 0 Å². The monoisotopic (exact) mass is 428 g/mol. The van der Waals surface area contributed by atoms with E-state index in [1.165, 1.54) is 83.5 Å². The average molecular weight is 429 g/mol. The maximum absolute atomic E-state index is 9.90. The van der Waals surface area contributed by atoms with E-state index in [2.05, 4.69) is 19.1 Å². The van der Waals surface area contributed by atoms with E-state index in [-0.39, 0.29) is 13.2 Å². The minimum Gasteiger partial charge on any atom is -0.394 e. The second kappa shape index (κ2) is 19.2. The molecule has 1 heterocycles. The molecule has 0 aromatic carbocycles. The predicted molar refractivity (Wildman–Crippen MR) is 123 cm³/mol. The first-order valence-electron chi connectivity index (χ1n) is 12.5. The van der Waals surface area contributed by atoms with E-state index in [0.717, 1.165) is 12.8 Å². The SMILES string of the molecule is C/C=C/CCCCCCCCCCCCCCCCO[C@@H]1[C@H]([C@H](O)CO)OC[C@@H]1O. The minimum atomic E-state index is -1.000. The van der Waals surface area contributed by atoms with Gasteiger partial charge in [0, 0.05) is 6.61 Å². The van der Waals surface area contributed by atoms with Crippen molar-refractivity contribution in [3.8, 4) is 0 Å². The summed E-state index contributed by atoms with van der Waals surface area (Å²) in [6.07, 6.45) is 21.2. The predicted octanol–water partition coefficient (Wildman–Crippen LogP) is 4.91. The minimum absolute atomic E-state index is 0.156. The van der Waals surface area contributed by atoms with Crippen LogP contribution in [0, 0.1) is 0 Å². The lowest BCUT2D eigenvalue weighted by Gasteiger charge is -2.23. The molecule has 5 nitrogen and oxygen atoms in total. The molecule has 1 aliphatic rings. The molecular formula is C25H48O5. The first-order chi connectivity index (χ1) is 14.7. The van der Waals surface area contributed by atoms with Crippen LogP contribution in [0.2, 0.25) is 0 Å². The summed E-state index contributed by atoms with van der Waals surface area (Å²) < 4.78 is 11.1. The third-order valence-electron chi connectivity index (χ3n) is 6.04. The van der Waals surface area contributed by atoms with Gasteiger partial charge in [0.2, 0.25) is 0 Å². The molecule has 0 radical (unpaired) electrons. The highest BCUT2D eigenvalue weighted by atomic mass is 16.6. The van der Waals surface area contributed by atoms with Crippen LogP contribution in [0.4, 0.5) is 0 Å². The van der Waals surface area contributed by atoms with Gasteiger partial charge in [-0.25, -0.2) is 0 Å². The Kier molecular flexibility index (Phi) is 17.7. The van der Waals surface area contributed by atoms with Crippen LogP contribution in [0.15, 0.2) is 12.2 Å². The highest BCUT2D eigenvalue weighted by molar-refractivity contribution is 4.89. The van der Waals surface area contributed by atoms with E-state index in [0.29, 0.717) is 6.61 Å². The van der Waals surface area contributed by atoms with Gasteiger partial charge in [-0.1, -0.05) is 89.2 Å². The van der Waals surface area contributed by atoms with Crippen molar-refractivity contribution in [3.05, 3.63) is 12.2 Å². The first kappa shape index (κ1) is 27.6. The smallest absolute Gasteiger partial charge is 0.114 e. The van der Waals surface area contributed by atoms with Crippen LogP contribution in [0.25, 0.3) is 0 Å². The fraction of sp³-hybridized carbons (Fsp3) is 0.920. The highest BCUT2D eigenvalue weighted by Gasteiger charge is 2.40. The summed E-state index contributed by atoms with van der Waals surface area (Å²) in [6.45, 7) is 2.44. The Labute approximate surface area is 184 Å². The van der Waals surface area contributed by atoms with Crippen LogP contribution in [-0.4, -0.2) is 59.6 Å². The Hall–Kier alpha value is -0.460. The molecule has 3 N–H and O–H groups in total. The number of unbranched alkanes of at least 4 members (excludes halogenated alkanes) is 14. The number of aliphatic hydroxyl groups excluding tert-OH is 3. The topological polar surface area (TPSA) is 79.2 Å². The van der Waals surface area contributed by atoms with Gasteiger partial charge >= 0.3 is 0 Å². The molecule has 178 valence electrons. The second-order valence-corrected chi connectivity index (χ2v) is 8.76. The average Bonchev–Trinajstić information content (AvgIpc) is 3.12. The van der Waals surface area contributed by atoms with Crippen molar-refractivity contribution in [3.63, 3.8) is 0 Å². The van der Waals surface area contributed by atoms with Crippen molar-refractivity contribution in [2.75, 3.05) is 19.8 Å². The van der Waals surface area contributed by atoms with Gasteiger partial charge in [-0.2, -0.15) is 0 Å². The summed E-state index contributed by atoms with van der Waals surface area (Å²) in [7, 11) is 0. The number of ether oxygens (including phenoxy) is 2. The van der Waals surface area contributed by atoms with E-state index in [1.807, 2.05) is 0 Å². The zero-order chi connectivity index (χ0) is 21.9. The van der Waals surface area contributed by atoms with E-state index in [1.54, 1.807) is 0 Å². The van der Waals surface area contributed by atoms with Crippen LogP contribution >= 0.6 is 0 Å². The lowest BCUT2D eigenvalue weighted by Crippen LogP contribution is -2.42. The fourth-order valence-corrected chi connectivity index (χ4v) is 4.13. The molecule has 0 aromatic heterocycles. The Balaban J connectivity index is 1.81. The summed E-state index contributed by atoms with van der Waals surface area (Å²) in [4.78, 5) is 0. The summed E-state index contributed by atoms with van der Waals surface area (Å²) in [6, 6.07) is 0. The highest BCUT2D eigenvalue weighted by Crippen LogP contribution is 2.21. The van der Waals surface area contributed by atoms with Gasteiger partial charge in [0.1, 0.15) is 24.4 Å². The zero-order valence-corrected chi connectivity index (χ0v) is 19.4. The quantitative estimate of drug-likeness (QED) is 0.190. The van der Waals surface area contributed by atoms with Crippen molar-refractivity contribution < 1.29 is 24.8 Å². The molecule has 0 bridgehead atoms. The van der Waals surface area contributed by atoms with Crippen LogP contribution in [0.5, 0.6) is 0 Å². The molecular weight excluding hydrogens is 380 g/mol. The third-order valence-corrected chi connectivity index (χ3v) is 6.04. The molecule has 0 aromatic rings. The molecule has 1 saturated heterocycles. The van der Waals surface area contributed by atoms with Crippen molar-refractivity contribution in [1.82, 2.24) is 0 Å². The molecule has 4 atom stereocenters. The number of hydrogen-bond acceptors (Lipinski definition) is 5. The summed E-state index contributed by atoms with van der Waals surface area (Å²) in [5.74, 6) is 0. The summed E-state index contributed by atoms with van der Waals surface area (Å²) >= 11 is 0. The molecule has 0 saturated carbocycles. The molecule has 1 aliphatic heterocycles. The maximum atomic E-state index is 9.90. The number of hydrogen-bond donors (Lipinski definition) is 3. The van der Waals surface area contributed by atoms with Gasteiger partial charge in [-0.15, -0.1) is 0 Å². The van der Waals surface area contributed by atoms with E-state index in [4.69, 9.17) is 14.6 Å².